The van der Waals surface area contributed by atoms with Crippen LogP contribution >= 0.6 is 9.90 Å². The zero-order chi connectivity index (χ0) is 0. The van der Waals surface area contributed by atoms with Crippen LogP contribution in [0, 0.1) is 7.43 Å². The summed E-state index contributed by atoms with van der Waals surface area (Å²) in [4.78, 5) is 0. The van der Waals surface area contributed by atoms with Gasteiger partial charge < -0.3 is 49.3 Å². The summed E-state index contributed by atoms with van der Waals surface area (Å²) in [5, 5.41) is 0. The molecule has 0 aliphatic carbocycles. The predicted molar refractivity (Wildman–Crippen MR) is 36.0 cm³/mol. The van der Waals surface area contributed by atoms with E-state index in [-0.39, 0.29) is 83.1 Å². The van der Waals surface area contributed by atoms with Gasteiger partial charge in [0.05, 0.1) is 0 Å². The van der Waals surface area contributed by atoms with Crippen molar-refractivity contribution in [2.45, 2.75) is 0 Å². The van der Waals surface area contributed by atoms with Crippen LogP contribution in [0.4, 0.5) is 0 Å². The molecule has 0 aliphatic rings. The molecule has 11 heteroatoms. The van der Waals surface area contributed by atoms with Crippen molar-refractivity contribution < 1.29 is 65.8 Å². The molecule has 0 aromatic carbocycles. The molecule has 0 radical (unpaired) electrons. The topological polar surface area (TPSA) is 270 Å². The fourth-order valence-corrected chi connectivity index (χ4v) is 0. The van der Waals surface area contributed by atoms with Crippen LogP contribution in [0.5, 0.6) is 0 Å². The SMILES string of the molecule is [C+4].[Ni+2].[OH-].[OH-].[OH-].[OH-].[OH-].[OH-].[OH-].[OH-].[OH-].[PH6+3]. The maximum absolute atomic E-state index is 0. The Morgan fingerprint density at radius 3 is 0.333 bits per heavy atom. The van der Waals surface area contributed by atoms with E-state index < -0.39 is 0 Å². The van der Waals surface area contributed by atoms with E-state index in [0.29, 0.717) is 0 Å². The van der Waals surface area contributed by atoms with E-state index in [2.05, 4.69) is 0 Å². The Morgan fingerprint density at radius 2 is 0.333 bits per heavy atom. The van der Waals surface area contributed by atoms with Crippen LogP contribution in [-0.4, -0.2) is 49.3 Å². The molecule has 0 spiro atoms. The van der Waals surface area contributed by atoms with E-state index in [9.17, 15) is 0 Å². The van der Waals surface area contributed by atoms with Crippen molar-refractivity contribution in [1.29, 1.82) is 0 Å². The first-order valence-corrected chi connectivity index (χ1v) is 0. The van der Waals surface area contributed by atoms with Gasteiger partial charge in [-0.15, -0.1) is 0 Å². The summed E-state index contributed by atoms with van der Waals surface area (Å²) >= 11 is 0. The average molecular weight is 261 g/mol. The van der Waals surface area contributed by atoms with Gasteiger partial charge in [-0.1, -0.05) is 0 Å². The van der Waals surface area contributed by atoms with Crippen molar-refractivity contribution in [3.05, 3.63) is 7.43 Å². The Balaban J connectivity index is 0. The molecule has 0 rings (SSSR count). The van der Waals surface area contributed by atoms with Crippen LogP contribution in [0.25, 0.3) is 0 Å². The normalized spacial score (nSPS) is 0. The molecule has 88 valence electrons. The molecule has 0 amide bonds. The quantitative estimate of drug-likeness (QED) is 0.335. The maximum Gasteiger partial charge on any atom is 4.00 e. The van der Waals surface area contributed by atoms with Crippen molar-refractivity contribution in [1.82, 2.24) is 0 Å². The maximum atomic E-state index is 0. The average Bonchev–Trinajstić information content (AvgIpc) is 0. The monoisotopic (exact) mass is 260 g/mol. The van der Waals surface area contributed by atoms with Gasteiger partial charge in [0.15, 0.2) is 0 Å². The second-order valence-electron chi connectivity index (χ2n) is 0. The summed E-state index contributed by atoms with van der Waals surface area (Å²) in [7, 11) is 0. The number of hydrogen-bond donors (Lipinski definition) is 0. The van der Waals surface area contributed by atoms with Crippen LogP contribution < -0.4 is 0 Å². The molecule has 0 atom stereocenters. The van der Waals surface area contributed by atoms with Crippen molar-refractivity contribution in [2.24, 2.45) is 0 Å². The minimum Gasteiger partial charge on any atom is -0.870 e. The first-order chi connectivity index (χ1) is 0. The molecule has 0 saturated carbocycles. The summed E-state index contributed by atoms with van der Waals surface area (Å²) in [6.07, 6.45) is 0. The Labute approximate surface area is 83.9 Å². The standard InChI is InChI=1S/C.Ni.9H2O.H6P/h;;9*1H2;1H6/q+4;+2;;;;;;;;;;+3/p-9. The molecule has 9 N–H and O–H groups in total. The minimum absolute atomic E-state index is 0. The third-order valence-corrected chi connectivity index (χ3v) is 0. The Morgan fingerprint density at radius 1 is 0.333 bits per heavy atom. The van der Waals surface area contributed by atoms with Gasteiger partial charge in [-0.3, -0.25) is 9.90 Å². The summed E-state index contributed by atoms with van der Waals surface area (Å²) in [6, 6.07) is 0. The van der Waals surface area contributed by atoms with E-state index in [4.69, 9.17) is 0 Å². The van der Waals surface area contributed by atoms with Gasteiger partial charge in [-0.25, -0.2) is 0 Å². The molecule has 0 aliphatic heterocycles. The van der Waals surface area contributed by atoms with Gasteiger partial charge in [-0.2, -0.15) is 0 Å². The van der Waals surface area contributed by atoms with Gasteiger partial charge in [0, 0.05) is 0 Å². The first kappa shape index (κ1) is 5290. The van der Waals surface area contributed by atoms with E-state index in [1.807, 2.05) is 0 Å². The molecular weight excluding hydrogens is 246 g/mol. The molecular formula is CH15NiO9P. The molecule has 0 heterocycles. The van der Waals surface area contributed by atoms with Gasteiger partial charge in [0.2, 0.25) is 0 Å². The van der Waals surface area contributed by atoms with Gasteiger partial charge >= 0.3 is 23.9 Å². The summed E-state index contributed by atoms with van der Waals surface area (Å²) in [6.45, 7) is 0. The van der Waals surface area contributed by atoms with Crippen molar-refractivity contribution in [2.75, 3.05) is 0 Å². The summed E-state index contributed by atoms with van der Waals surface area (Å²) < 4.78 is 0. The molecule has 12 heavy (non-hydrogen) atoms. The Hall–Kier alpha value is 0.564. The van der Waals surface area contributed by atoms with E-state index in [0.717, 1.165) is 0 Å². The third kappa shape index (κ3) is 3040. The molecule has 0 bridgehead atoms. The largest absolute Gasteiger partial charge is 4.00 e. The zero-order valence-corrected chi connectivity index (χ0v) is 5.83. The molecule has 0 saturated heterocycles. The van der Waals surface area contributed by atoms with Crippen LogP contribution in [0.3, 0.4) is 0 Å². The van der Waals surface area contributed by atoms with Gasteiger partial charge in [0.25, 0.3) is 0 Å². The molecule has 9 nitrogen and oxygen atoms in total. The zero-order valence-electron chi connectivity index (χ0n) is 4.84. The third-order valence-electron chi connectivity index (χ3n) is 0. The Kier molecular flexibility index (Phi) is 1790000. The summed E-state index contributed by atoms with van der Waals surface area (Å²) in [5.74, 6) is 0. The molecule has 0 unspecified atom stereocenters. The predicted octanol–water partition coefficient (Wildman–Crippen LogP) is -2.26. The van der Waals surface area contributed by atoms with Crippen molar-refractivity contribution in [3.8, 4) is 0 Å². The van der Waals surface area contributed by atoms with Crippen molar-refractivity contribution in [3.63, 3.8) is 0 Å². The molecule has 0 aromatic rings. The van der Waals surface area contributed by atoms with Gasteiger partial charge in [0.1, 0.15) is 0 Å². The molecule has 0 aromatic heterocycles. The smallest absolute Gasteiger partial charge is 0.870 e. The van der Waals surface area contributed by atoms with Crippen LogP contribution in [0.15, 0.2) is 0 Å². The van der Waals surface area contributed by atoms with Gasteiger partial charge in [-0.05, 0) is 0 Å². The van der Waals surface area contributed by atoms with Crippen molar-refractivity contribution >= 4 is 9.90 Å². The van der Waals surface area contributed by atoms with Crippen LogP contribution in [-0.2, 0) is 16.5 Å². The van der Waals surface area contributed by atoms with Crippen LogP contribution in [0.2, 0.25) is 0 Å². The fourth-order valence-electron chi connectivity index (χ4n) is 0. The van der Waals surface area contributed by atoms with Crippen LogP contribution in [0.1, 0.15) is 0 Å². The van der Waals surface area contributed by atoms with E-state index in [1.165, 1.54) is 0 Å². The van der Waals surface area contributed by atoms with E-state index >= 15 is 0 Å². The number of hydrogen-bond acceptors (Lipinski definition) is 9. The Bertz CT molecular complexity index is 14.5. The minimum atomic E-state index is 0. The summed E-state index contributed by atoms with van der Waals surface area (Å²) in [5.41, 5.74) is 0. The fraction of sp³-hybridized carbons (Fsp3) is 0. The second-order valence-corrected chi connectivity index (χ2v) is 0. The first-order valence-electron chi connectivity index (χ1n) is 0. The second kappa shape index (κ2) is 4060. The number of rotatable bonds is 0. The van der Waals surface area contributed by atoms with E-state index in [1.54, 1.807) is 0 Å². The molecule has 0 fully saturated rings.